The lowest BCUT2D eigenvalue weighted by Gasteiger charge is -2.48. The van der Waals surface area contributed by atoms with Gasteiger partial charge in [-0.1, -0.05) is 77.9 Å². The third kappa shape index (κ3) is 7.52. The summed E-state index contributed by atoms with van der Waals surface area (Å²) in [6.07, 6.45) is 3.33. The minimum Gasteiger partial charge on any atom is -0.488 e. The van der Waals surface area contributed by atoms with E-state index >= 15 is 0 Å². The van der Waals surface area contributed by atoms with Gasteiger partial charge in [-0.2, -0.15) is 0 Å². The van der Waals surface area contributed by atoms with Gasteiger partial charge < -0.3 is 9.47 Å². The third-order valence-corrected chi connectivity index (χ3v) is 10.8. The van der Waals surface area contributed by atoms with Crippen molar-refractivity contribution in [3.8, 4) is 17.2 Å². The molecule has 1 aliphatic carbocycles. The van der Waals surface area contributed by atoms with Gasteiger partial charge in [0, 0.05) is 5.41 Å². The molecule has 2 unspecified atom stereocenters. The van der Waals surface area contributed by atoms with E-state index in [0.717, 1.165) is 24.2 Å². The maximum atomic E-state index is 13.3. The van der Waals surface area contributed by atoms with Crippen LogP contribution in [0.25, 0.3) is 0 Å². The van der Waals surface area contributed by atoms with Crippen LogP contribution in [0.4, 0.5) is 0 Å². The van der Waals surface area contributed by atoms with Crippen LogP contribution in [0.3, 0.4) is 0 Å². The van der Waals surface area contributed by atoms with E-state index in [4.69, 9.17) is 9.47 Å². The van der Waals surface area contributed by atoms with Gasteiger partial charge in [-0.15, -0.1) is 0 Å². The van der Waals surface area contributed by atoms with E-state index in [9.17, 15) is 8.42 Å². The molecule has 0 saturated heterocycles. The topological polar surface area (TPSA) is 52.6 Å². The normalized spacial score (nSPS) is 20.2. The van der Waals surface area contributed by atoms with Crippen LogP contribution in [0.15, 0.2) is 107 Å². The summed E-state index contributed by atoms with van der Waals surface area (Å²) in [7, 11) is -3.63. The molecule has 5 rings (SSSR count). The highest BCUT2D eigenvalue weighted by Gasteiger charge is 2.45. The lowest BCUT2D eigenvalue weighted by molar-refractivity contribution is 0.125. The quantitative estimate of drug-likeness (QED) is 0.202. The maximum Gasteiger partial charge on any atom is 0.206 e. The van der Waals surface area contributed by atoms with Gasteiger partial charge in [0.2, 0.25) is 9.84 Å². The molecule has 4 aromatic rings. The van der Waals surface area contributed by atoms with Crippen molar-refractivity contribution in [3.05, 3.63) is 114 Å². The molecule has 0 spiro atoms. The number of rotatable bonds is 7. The lowest BCUT2D eigenvalue weighted by atomic mass is 9.55. The van der Waals surface area contributed by atoms with Gasteiger partial charge in [-0.3, -0.25) is 0 Å². The van der Waals surface area contributed by atoms with E-state index in [-0.39, 0.29) is 31.6 Å². The van der Waals surface area contributed by atoms with Gasteiger partial charge in [0.05, 0.1) is 9.79 Å². The van der Waals surface area contributed by atoms with Crippen LogP contribution in [0.2, 0.25) is 0 Å². The fourth-order valence-corrected chi connectivity index (χ4v) is 8.57. The van der Waals surface area contributed by atoms with Crippen LogP contribution in [-0.4, -0.2) is 14.0 Å². The molecule has 1 fully saturated rings. The van der Waals surface area contributed by atoms with Crippen molar-refractivity contribution < 1.29 is 17.9 Å². The molecule has 0 N–H and O–H groups in total. The zero-order valence-electron chi connectivity index (χ0n) is 29.0. The number of benzene rings is 4. The predicted molar refractivity (Wildman–Crippen MR) is 188 cm³/mol. The first-order chi connectivity index (χ1) is 21.4. The fraction of sp³-hybridized carbons (Fsp3) is 0.415. The zero-order chi connectivity index (χ0) is 33.5. The van der Waals surface area contributed by atoms with Crippen LogP contribution in [-0.2, 0) is 20.7 Å². The molecule has 0 heterocycles. The highest BCUT2D eigenvalue weighted by Crippen LogP contribution is 2.54. The molecular formula is C41H50O4S. The van der Waals surface area contributed by atoms with Crippen molar-refractivity contribution >= 4 is 9.84 Å². The first kappa shape index (κ1) is 33.8. The molecular weight excluding hydrogens is 589 g/mol. The summed E-state index contributed by atoms with van der Waals surface area (Å²) in [5.74, 6) is 2.77. The van der Waals surface area contributed by atoms with Crippen molar-refractivity contribution in [2.24, 2.45) is 11.3 Å². The lowest BCUT2D eigenvalue weighted by Crippen LogP contribution is -2.41. The van der Waals surface area contributed by atoms with Crippen molar-refractivity contribution in [1.82, 2.24) is 0 Å². The Hall–Kier alpha value is -3.57. The van der Waals surface area contributed by atoms with E-state index < -0.39 is 9.84 Å². The molecule has 0 aromatic heterocycles. The highest BCUT2D eigenvalue weighted by atomic mass is 32.2. The summed E-state index contributed by atoms with van der Waals surface area (Å²) >= 11 is 0. The summed E-state index contributed by atoms with van der Waals surface area (Å²) in [5, 5.41) is 0. The number of hydrogen-bond acceptors (Lipinski definition) is 4. The van der Waals surface area contributed by atoms with Crippen LogP contribution in [0, 0.1) is 11.3 Å². The second kappa shape index (κ2) is 12.2. The Morgan fingerprint density at radius 3 is 1.50 bits per heavy atom. The molecule has 244 valence electrons. The Morgan fingerprint density at radius 1 is 0.630 bits per heavy atom. The van der Waals surface area contributed by atoms with Crippen LogP contribution >= 0.6 is 0 Å². The molecule has 1 aliphatic rings. The van der Waals surface area contributed by atoms with Gasteiger partial charge in [-0.05, 0) is 134 Å². The second-order valence-corrected chi connectivity index (χ2v) is 18.0. The van der Waals surface area contributed by atoms with Crippen molar-refractivity contribution in [2.45, 2.75) is 108 Å². The average Bonchev–Trinajstić information content (AvgIpc) is 2.96. The first-order valence-corrected chi connectivity index (χ1v) is 17.9. The molecule has 46 heavy (non-hydrogen) atoms. The monoisotopic (exact) mass is 638 g/mol. The number of sulfone groups is 1. The molecule has 1 saturated carbocycles. The average molecular weight is 639 g/mol. The molecule has 5 heteroatoms. The zero-order valence-corrected chi connectivity index (χ0v) is 29.8. The van der Waals surface area contributed by atoms with Crippen LogP contribution in [0.5, 0.6) is 17.2 Å². The smallest absolute Gasteiger partial charge is 0.206 e. The summed E-state index contributed by atoms with van der Waals surface area (Å²) in [4.78, 5) is 0.531. The van der Waals surface area contributed by atoms with Gasteiger partial charge in [0.1, 0.15) is 22.8 Å². The van der Waals surface area contributed by atoms with Gasteiger partial charge in [-0.25, -0.2) is 8.42 Å². The Balaban J connectivity index is 1.37. The number of hydrogen-bond donors (Lipinski definition) is 0. The Labute approximate surface area is 277 Å². The molecule has 0 aliphatic heterocycles. The summed E-state index contributed by atoms with van der Waals surface area (Å²) < 4.78 is 38.9. The molecule has 2 atom stereocenters. The maximum absolute atomic E-state index is 13.3. The van der Waals surface area contributed by atoms with Crippen molar-refractivity contribution in [2.75, 3.05) is 0 Å². The minimum atomic E-state index is -3.63. The molecule has 0 bridgehead atoms. The van der Waals surface area contributed by atoms with Crippen molar-refractivity contribution in [3.63, 3.8) is 0 Å². The van der Waals surface area contributed by atoms with E-state index in [1.807, 2.05) is 24.3 Å². The fourth-order valence-electron chi connectivity index (χ4n) is 7.31. The van der Waals surface area contributed by atoms with E-state index in [1.165, 1.54) is 17.5 Å². The largest absolute Gasteiger partial charge is 0.488 e. The third-order valence-electron chi connectivity index (χ3n) is 9.02. The predicted octanol–water partition coefficient (Wildman–Crippen LogP) is 10.9. The Kier molecular flexibility index (Phi) is 8.98. The van der Waals surface area contributed by atoms with Crippen LogP contribution in [0.1, 0.15) is 98.3 Å². The standard InChI is InChI=1S/C41H50O4S/c1-29-26-40(8,9)28-41(27-29,32-12-18-35(19-13-32)45-39(5,6)7)31-10-16-33(17-11-31)44-34-20-24-37(25-21-34)46(42,43)36-22-14-30(15-23-36)38(2,3)4/h10-25,29H,26-28H2,1-9H3. The van der Waals surface area contributed by atoms with E-state index in [0.29, 0.717) is 17.4 Å². The molecule has 4 nitrogen and oxygen atoms in total. The highest BCUT2D eigenvalue weighted by molar-refractivity contribution is 7.91. The molecule has 0 radical (unpaired) electrons. The summed E-state index contributed by atoms with van der Waals surface area (Å²) in [6.45, 7) is 19.7. The van der Waals surface area contributed by atoms with Crippen molar-refractivity contribution in [1.29, 1.82) is 0 Å². The first-order valence-electron chi connectivity index (χ1n) is 16.4. The van der Waals surface area contributed by atoms with Gasteiger partial charge in [0.25, 0.3) is 0 Å². The SMILES string of the molecule is CC1CC(C)(C)CC(c2ccc(Oc3ccc(S(=O)(=O)c4ccc(C(C)(C)C)cc4)cc3)cc2)(c2ccc(OC(C)(C)C)cc2)C1. The van der Waals surface area contributed by atoms with E-state index in [2.05, 4.69) is 98.7 Å². The Bertz CT molecular complexity index is 1740. The Morgan fingerprint density at radius 2 is 1.07 bits per heavy atom. The van der Waals surface area contributed by atoms with E-state index in [1.54, 1.807) is 36.4 Å². The second-order valence-electron chi connectivity index (χ2n) is 16.1. The summed E-state index contributed by atoms with van der Waals surface area (Å²) in [5.41, 5.74) is 3.47. The van der Waals surface area contributed by atoms with Crippen LogP contribution < -0.4 is 9.47 Å². The summed E-state index contributed by atoms with van der Waals surface area (Å²) in [6, 6.07) is 31.0. The molecule has 0 amide bonds. The number of ether oxygens (including phenoxy) is 2. The van der Waals surface area contributed by atoms with Gasteiger partial charge >= 0.3 is 0 Å². The van der Waals surface area contributed by atoms with Gasteiger partial charge in [0.15, 0.2) is 0 Å². The minimum absolute atomic E-state index is 0.0432. The molecule has 4 aromatic carbocycles.